The van der Waals surface area contributed by atoms with Gasteiger partial charge in [-0.25, -0.2) is 4.79 Å². The minimum Gasteiger partial charge on any atom is -0.481 e. The van der Waals surface area contributed by atoms with E-state index in [0.717, 1.165) is 44.9 Å². The number of carboxylic acid groups (broad SMARTS) is 1. The molecule has 37 heavy (non-hydrogen) atoms. The van der Waals surface area contributed by atoms with Crippen molar-refractivity contribution in [3.63, 3.8) is 0 Å². The van der Waals surface area contributed by atoms with Crippen molar-refractivity contribution in [2.75, 3.05) is 13.1 Å². The predicted molar refractivity (Wildman–Crippen MR) is 131 cm³/mol. The number of nitrogens with one attached hydrogen (secondary N) is 2. The first-order valence-electron chi connectivity index (χ1n) is 14.0. The Morgan fingerprint density at radius 2 is 1.62 bits per heavy atom. The largest absolute Gasteiger partial charge is 0.481 e. The van der Waals surface area contributed by atoms with Crippen LogP contribution in [0.3, 0.4) is 0 Å². The molecule has 5 saturated carbocycles. The van der Waals surface area contributed by atoms with Gasteiger partial charge in [0.1, 0.15) is 5.60 Å². The summed E-state index contributed by atoms with van der Waals surface area (Å²) in [4.78, 5) is 48.4. The molecule has 10 nitrogen and oxygen atoms in total. The fourth-order valence-corrected chi connectivity index (χ4v) is 7.71. The minimum atomic E-state index is -0.794. The van der Waals surface area contributed by atoms with E-state index in [9.17, 15) is 14.4 Å². The normalized spacial score (nSPS) is 40.2. The summed E-state index contributed by atoms with van der Waals surface area (Å²) in [7, 11) is 0. The van der Waals surface area contributed by atoms with Gasteiger partial charge in [-0.3, -0.25) is 9.59 Å². The zero-order valence-corrected chi connectivity index (χ0v) is 22.3. The van der Waals surface area contributed by atoms with Crippen molar-refractivity contribution in [1.29, 1.82) is 0 Å². The van der Waals surface area contributed by atoms with Crippen LogP contribution in [0.2, 0.25) is 0 Å². The molecule has 3 unspecified atom stereocenters. The van der Waals surface area contributed by atoms with E-state index in [2.05, 4.69) is 10.6 Å². The van der Waals surface area contributed by atoms with Gasteiger partial charge in [-0.2, -0.15) is 9.78 Å². The number of amides is 2. The summed E-state index contributed by atoms with van der Waals surface area (Å²) in [6.07, 6.45) is 7.45. The molecule has 2 spiro atoms. The minimum absolute atomic E-state index is 0.0989. The molecule has 1 heterocycles. The number of rotatable bonds is 7. The number of hydrogen-bond donors (Lipinski definition) is 3. The lowest BCUT2D eigenvalue weighted by Crippen LogP contribution is -2.65. The summed E-state index contributed by atoms with van der Waals surface area (Å²) in [5, 5.41) is 15.0. The van der Waals surface area contributed by atoms with Crippen LogP contribution in [0.1, 0.15) is 91.4 Å². The summed E-state index contributed by atoms with van der Waals surface area (Å²) < 4.78 is 12.0. The second-order valence-electron chi connectivity index (χ2n) is 13.1. The molecule has 3 N–H and O–H groups in total. The molecule has 0 aromatic heterocycles. The highest BCUT2D eigenvalue weighted by molar-refractivity contribution is 5.83. The number of carbonyl (C=O) groups excluding carboxylic acids is 2. The Labute approximate surface area is 218 Å². The van der Waals surface area contributed by atoms with Gasteiger partial charge in [0, 0.05) is 44.2 Å². The van der Waals surface area contributed by atoms with Crippen molar-refractivity contribution >= 4 is 18.0 Å². The topological polar surface area (TPSA) is 132 Å². The summed E-state index contributed by atoms with van der Waals surface area (Å²) in [5.74, 6) is -1.40. The molecule has 0 aromatic carbocycles. The first-order chi connectivity index (χ1) is 17.4. The van der Waals surface area contributed by atoms with Crippen molar-refractivity contribution in [1.82, 2.24) is 10.6 Å². The summed E-state index contributed by atoms with van der Waals surface area (Å²) in [6, 6.07) is 0. The van der Waals surface area contributed by atoms with Crippen LogP contribution < -0.4 is 10.6 Å². The van der Waals surface area contributed by atoms with Crippen molar-refractivity contribution in [2.45, 2.75) is 109 Å². The highest BCUT2D eigenvalue weighted by atomic mass is 17.3. The number of alkyl carbamates (subject to hydrolysis) is 1. The molecule has 4 bridgehead atoms. The fourth-order valence-electron chi connectivity index (χ4n) is 7.71. The molecule has 208 valence electrons. The fraction of sp³-hybridized carbons (Fsp3) is 0.889. The number of ether oxygens (including phenoxy) is 2. The number of carbonyl (C=O) groups is 3. The maximum absolute atomic E-state index is 13.4. The van der Waals surface area contributed by atoms with E-state index < -0.39 is 34.7 Å². The van der Waals surface area contributed by atoms with Crippen molar-refractivity contribution in [3.05, 3.63) is 0 Å². The van der Waals surface area contributed by atoms with Crippen molar-refractivity contribution in [2.24, 2.45) is 29.1 Å². The van der Waals surface area contributed by atoms with Gasteiger partial charge in [0.2, 0.25) is 17.5 Å². The van der Waals surface area contributed by atoms with E-state index in [1.807, 2.05) is 20.8 Å². The van der Waals surface area contributed by atoms with Gasteiger partial charge < -0.3 is 25.2 Å². The van der Waals surface area contributed by atoms with Gasteiger partial charge in [-0.05, 0) is 84.0 Å². The van der Waals surface area contributed by atoms with Gasteiger partial charge in [-0.15, -0.1) is 0 Å². The van der Waals surface area contributed by atoms with Gasteiger partial charge in [0.05, 0.1) is 5.41 Å². The molecule has 2 amide bonds. The zero-order chi connectivity index (χ0) is 26.5. The lowest BCUT2D eigenvalue weighted by molar-refractivity contribution is -0.393. The van der Waals surface area contributed by atoms with Gasteiger partial charge in [0.25, 0.3) is 0 Å². The molecule has 6 fully saturated rings. The smallest absolute Gasteiger partial charge is 0.407 e. The van der Waals surface area contributed by atoms with Crippen LogP contribution in [0.15, 0.2) is 0 Å². The van der Waals surface area contributed by atoms with Crippen LogP contribution in [-0.2, 0) is 28.8 Å². The maximum Gasteiger partial charge on any atom is 0.407 e. The van der Waals surface area contributed by atoms with Crippen LogP contribution in [-0.4, -0.2) is 53.3 Å². The Balaban J connectivity index is 1.14. The lowest BCUT2D eigenvalue weighted by Gasteiger charge is -2.61. The maximum atomic E-state index is 13.4. The first-order valence-corrected chi connectivity index (χ1v) is 14.0. The van der Waals surface area contributed by atoms with Gasteiger partial charge in [-0.1, -0.05) is 0 Å². The molecular weight excluding hydrogens is 480 g/mol. The molecule has 6 aliphatic rings. The highest BCUT2D eigenvalue weighted by Crippen LogP contribution is 2.67. The second kappa shape index (κ2) is 9.68. The molecule has 6 rings (SSSR count). The SMILES string of the molecule is CC(C)(C)OC(=O)NCCCNC(=O)C12CC3C[C@H](C1)C1(OOC4(CCC(CC(=O)O)CC4)O1)[C@@H](C3)C2. The predicted octanol–water partition coefficient (Wildman–Crippen LogP) is 3.88. The van der Waals surface area contributed by atoms with Crippen LogP contribution in [0, 0.1) is 29.1 Å². The van der Waals surface area contributed by atoms with Crippen LogP contribution >= 0.6 is 0 Å². The zero-order valence-electron chi connectivity index (χ0n) is 22.3. The molecule has 0 aromatic rings. The quantitative estimate of drug-likeness (QED) is 0.339. The van der Waals surface area contributed by atoms with E-state index in [1.165, 1.54) is 0 Å². The van der Waals surface area contributed by atoms with E-state index in [1.54, 1.807) is 0 Å². The Kier molecular flexibility index (Phi) is 6.98. The lowest BCUT2D eigenvalue weighted by atomic mass is 9.47. The summed E-state index contributed by atoms with van der Waals surface area (Å²) in [6.45, 7) is 6.40. The number of hydrogen-bond acceptors (Lipinski definition) is 7. The Bertz CT molecular complexity index is 891. The number of carboxylic acids is 1. The van der Waals surface area contributed by atoms with E-state index >= 15 is 0 Å². The van der Waals surface area contributed by atoms with Crippen LogP contribution in [0.5, 0.6) is 0 Å². The third kappa shape index (κ3) is 5.34. The average molecular weight is 523 g/mol. The Morgan fingerprint density at radius 3 is 2.24 bits per heavy atom. The number of aliphatic carboxylic acids is 1. The highest BCUT2D eigenvalue weighted by Gasteiger charge is 2.71. The Hall–Kier alpha value is -1.91. The van der Waals surface area contributed by atoms with E-state index in [-0.39, 0.29) is 30.1 Å². The van der Waals surface area contributed by atoms with Gasteiger partial charge >= 0.3 is 12.1 Å². The molecule has 5 aliphatic carbocycles. The monoisotopic (exact) mass is 522 g/mol. The Morgan fingerprint density at radius 1 is 0.973 bits per heavy atom. The third-order valence-corrected chi connectivity index (χ3v) is 9.12. The van der Waals surface area contributed by atoms with E-state index in [0.29, 0.717) is 38.3 Å². The molecule has 1 saturated heterocycles. The second-order valence-corrected chi connectivity index (χ2v) is 13.1. The molecular formula is C27H42N2O8. The van der Waals surface area contributed by atoms with Crippen LogP contribution in [0.4, 0.5) is 4.79 Å². The van der Waals surface area contributed by atoms with E-state index in [4.69, 9.17) is 24.4 Å². The third-order valence-electron chi connectivity index (χ3n) is 9.12. The van der Waals surface area contributed by atoms with Crippen molar-refractivity contribution < 1.29 is 38.7 Å². The summed E-state index contributed by atoms with van der Waals surface area (Å²) >= 11 is 0. The van der Waals surface area contributed by atoms with Crippen LogP contribution in [0.25, 0.3) is 0 Å². The molecule has 0 radical (unpaired) electrons. The molecule has 10 heteroatoms. The first kappa shape index (κ1) is 26.7. The molecule has 5 atom stereocenters. The average Bonchev–Trinajstić information content (AvgIpc) is 3.17. The molecule has 1 aliphatic heterocycles. The summed E-state index contributed by atoms with van der Waals surface area (Å²) in [5.41, 5.74) is -0.937. The van der Waals surface area contributed by atoms with Gasteiger partial charge in [0.15, 0.2) is 0 Å². The van der Waals surface area contributed by atoms with Crippen molar-refractivity contribution in [3.8, 4) is 0 Å². The standard InChI is InChI=1S/C27H42N2O8/c1-24(2,3)34-23(33)29-10-4-9-28-22(32)25-14-18-11-19(15-25)27(20(12-18)16-25)35-26(36-37-27)7-5-17(6-8-26)13-21(30)31/h17-20H,4-16H2,1-3H3,(H,28,32)(H,29,33)(H,30,31)/t17?,18?,19-,20+,25?,26?,27?.